The van der Waals surface area contributed by atoms with E-state index < -0.39 is 0 Å². The number of thiazole rings is 1. The van der Waals surface area contributed by atoms with E-state index >= 15 is 0 Å². The molecule has 0 radical (unpaired) electrons. The zero-order chi connectivity index (χ0) is 18.1. The Morgan fingerprint density at radius 1 is 1.24 bits per heavy atom. The van der Waals surface area contributed by atoms with E-state index in [0.717, 1.165) is 48.1 Å². The van der Waals surface area contributed by atoms with Gasteiger partial charge in [0.25, 0.3) is 0 Å². The summed E-state index contributed by atoms with van der Waals surface area (Å²) in [7, 11) is 5.06. The molecule has 0 amide bonds. The fourth-order valence-corrected chi connectivity index (χ4v) is 3.11. The summed E-state index contributed by atoms with van der Waals surface area (Å²) < 4.78 is 10.6. The van der Waals surface area contributed by atoms with Gasteiger partial charge in [0.15, 0.2) is 5.96 Å². The Hall–Kier alpha value is -2.28. The Balaban J connectivity index is 1.84. The van der Waals surface area contributed by atoms with Gasteiger partial charge in [-0.15, -0.1) is 11.3 Å². The second kappa shape index (κ2) is 9.88. The molecule has 0 aliphatic heterocycles. The first-order valence-electron chi connectivity index (χ1n) is 8.28. The smallest absolute Gasteiger partial charge is 0.191 e. The molecule has 0 atom stereocenters. The lowest BCUT2D eigenvalue weighted by Crippen LogP contribution is -2.37. The van der Waals surface area contributed by atoms with Crippen LogP contribution in [-0.4, -0.2) is 38.8 Å². The van der Waals surface area contributed by atoms with Crippen LogP contribution in [-0.2, 0) is 19.4 Å². The molecule has 0 aliphatic rings. The van der Waals surface area contributed by atoms with E-state index in [0.29, 0.717) is 6.54 Å². The number of rotatable bonds is 8. The highest BCUT2D eigenvalue weighted by Crippen LogP contribution is 2.24. The normalized spacial score (nSPS) is 11.3. The highest BCUT2D eigenvalue weighted by Gasteiger charge is 2.06. The van der Waals surface area contributed by atoms with Gasteiger partial charge in [0.05, 0.1) is 24.9 Å². The van der Waals surface area contributed by atoms with Gasteiger partial charge in [-0.1, -0.05) is 6.92 Å². The first-order valence-corrected chi connectivity index (χ1v) is 9.16. The molecule has 0 saturated heterocycles. The summed E-state index contributed by atoms with van der Waals surface area (Å²) in [5, 5.41) is 9.92. The standard InChI is InChI=1S/C18H26N4O2S/c1-5-17-22-14(12-25-17)8-9-20-18(19-2)21-11-13-6-7-15(23-3)10-16(13)24-4/h6-7,10,12H,5,8-9,11H2,1-4H3,(H2,19,20,21). The number of aromatic nitrogens is 1. The second-order valence-corrected chi connectivity index (χ2v) is 6.31. The van der Waals surface area contributed by atoms with E-state index in [1.54, 1.807) is 32.6 Å². The molecule has 2 aromatic rings. The van der Waals surface area contributed by atoms with E-state index in [4.69, 9.17) is 9.47 Å². The third-order valence-corrected chi connectivity index (χ3v) is 4.78. The molecular weight excluding hydrogens is 336 g/mol. The summed E-state index contributed by atoms with van der Waals surface area (Å²) in [6, 6.07) is 5.78. The van der Waals surface area contributed by atoms with Crippen molar-refractivity contribution in [2.24, 2.45) is 4.99 Å². The molecule has 136 valence electrons. The van der Waals surface area contributed by atoms with Crippen molar-refractivity contribution in [3.8, 4) is 11.5 Å². The SMILES string of the molecule is CCc1nc(CCNC(=NC)NCc2ccc(OC)cc2OC)cs1. The van der Waals surface area contributed by atoms with Gasteiger partial charge in [-0.2, -0.15) is 0 Å². The van der Waals surface area contributed by atoms with Gasteiger partial charge in [0, 0.05) is 43.6 Å². The first kappa shape index (κ1) is 19.1. The average molecular weight is 362 g/mol. The van der Waals surface area contributed by atoms with Crippen molar-refractivity contribution in [3.05, 3.63) is 39.8 Å². The Labute approximate surface area is 153 Å². The van der Waals surface area contributed by atoms with Gasteiger partial charge >= 0.3 is 0 Å². The fourth-order valence-electron chi connectivity index (χ4n) is 2.33. The van der Waals surface area contributed by atoms with Crippen LogP contribution in [0.4, 0.5) is 0 Å². The summed E-state index contributed by atoms with van der Waals surface area (Å²) >= 11 is 1.72. The minimum Gasteiger partial charge on any atom is -0.497 e. The van der Waals surface area contributed by atoms with Crippen LogP contribution in [0.25, 0.3) is 0 Å². The maximum atomic E-state index is 5.42. The highest BCUT2D eigenvalue weighted by molar-refractivity contribution is 7.09. The van der Waals surface area contributed by atoms with Gasteiger partial charge in [-0.3, -0.25) is 4.99 Å². The third-order valence-electron chi connectivity index (χ3n) is 3.74. The molecule has 7 heteroatoms. The van der Waals surface area contributed by atoms with E-state index in [9.17, 15) is 0 Å². The molecule has 2 N–H and O–H groups in total. The highest BCUT2D eigenvalue weighted by atomic mass is 32.1. The number of hydrogen-bond donors (Lipinski definition) is 2. The Bertz CT molecular complexity index is 700. The van der Waals surface area contributed by atoms with Crippen LogP contribution >= 0.6 is 11.3 Å². The van der Waals surface area contributed by atoms with Crippen molar-refractivity contribution in [3.63, 3.8) is 0 Å². The molecule has 0 unspecified atom stereocenters. The summed E-state index contributed by atoms with van der Waals surface area (Å²) in [5.41, 5.74) is 2.17. The monoisotopic (exact) mass is 362 g/mol. The van der Waals surface area contributed by atoms with E-state index in [-0.39, 0.29) is 0 Å². The van der Waals surface area contributed by atoms with Crippen molar-refractivity contribution in [2.45, 2.75) is 26.3 Å². The lowest BCUT2D eigenvalue weighted by Gasteiger charge is -2.14. The summed E-state index contributed by atoms with van der Waals surface area (Å²) in [6.45, 7) is 3.52. The number of guanidine groups is 1. The lowest BCUT2D eigenvalue weighted by molar-refractivity contribution is 0.390. The molecule has 0 bridgehead atoms. The van der Waals surface area contributed by atoms with Crippen molar-refractivity contribution >= 4 is 17.3 Å². The predicted octanol–water partition coefficient (Wildman–Crippen LogP) is 2.63. The number of nitrogens with zero attached hydrogens (tertiary/aromatic N) is 2. The number of aliphatic imine (C=N–C) groups is 1. The molecule has 6 nitrogen and oxygen atoms in total. The summed E-state index contributed by atoms with van der Waals surface area (Å²) in [5.74, 6) is 2.32. The van der Waals surface area contributed by atoms with E-state index in [1.807, 2.05) is 18.2 Å². The van der Waals surface area contributed by atoms with Crippen LogP contribution in [0.1, 0.15) is 23.2 Å². The molecule has 2 rings (SSSR count). The van der Waals surface area contributed by atoms with Crippen LogP contribution in [0.15, 0.2) is 28.6 Å². The topological polar surface area (TPSA) is 67.8 Å². The van der Waals surface area contributed by atoms with E-state index in [2.05, 4.69) is 32.9 Å². The first-order chi connectivity index (χ1) is 12.2. The number of benzene rings is 1. The molecule has 0 saturated carbocycles. The number of aryl methyl sites for hydroxylation is 1. The van der Waals surface area contributed by atoms with Gasteiger partial charge in [-0.05, 0) is 18.6 Å². The number of methoxy groups -OCH3 is 2. The number of ether oxygens (including phenoxy) is 2. The number of hydrogen-bond acceptors (Lipinski definition) is 5. The molecule has 0 fully saturated rings. The minimum atomic E-state index is 0.615. The second-order valence-electron chi connectivity index (χ2n) is 5.37. The van der Waals surface area contributed by atoms with Gasteiger partial charge < -0.3 is 20.1 Å². The Morgan fingerprint density at radius 3 is 2.72 bits per heavy atom. The fraction of sp³-hybridized carbons (Fsp3) is 0.444. The van der Waals surface area contributed by atoms with Crippen LogP contribution in [0, 0.1) is 0 Å². The molecule has 0 aliphatic carbocycles. The van der Waals surface area contributed by atoms with Crippen molar-refractivity contribution in [1.82, 2.24) is 15.6 Å². The zero-order valence-electron chi connectivity index (χ0n) is 15.3. The third kappa shape index (κ3) is 5.63. The lowest BCUT2D eigenvalue weighted by atomic mass is 10.2. The average Bonchev–Trinajstić information content (AvgIpc) is 3.12. The molecule has 1 aromatic heterocycles. The van der Waals surface area contributed by atoms with Crippen molar-refractivity contribution in [1.29, 1.82) is 0 Å². The van der Waals surface area contributed by atoms with Crippen LogP contribution in [0.3, 0.4) is 0 Å². The van der Waals surface area contributed by atoms with Gasteiger partial charge in [0.2, 0.25) is 0 Å². The zero-order valence-corrected chi connectivity index (χ0v) is 16.1. The van der Waals surface area contributed by atoms with Crippen LogP contribution in [0.5, 0.6) is 11.5 Å². The summed E-state index contributed by atoms with van der Waals surface area (Å²) in [4.78, 5) is 8.83. The molecular formula is C18H26N4O2S. The van der Waals surface area contributed by atoms with Crippen LogP contribution in [0.2, 0.25) is 0 Å². The molecule has 0 spiro atoms. The Kier molecular flexibility index (Phi) is 7.53. The van der Waals surface area contributed by atoms with Crippen molar-refractivity contribution < 1.29 is 9.47 Å². The molecule has 1 aromatic carbocycles. The largest absolute Gasteiger partial charge is 0.497 e. The molecule has 1 heterocycles. The molecule has 25 heavy (non-hydrogen) atoms. The van der Waals surface area contributed by atoms with E-state index in [1.165, 1.54) is 5.01 Å². The van der Waals surface area contributed by atoms with Gasteiger partial charge in [-0.25, -0.2) is 4.98 Å². The minimum absolute atomic E-state index is 0.615. The maximum Gasteiger partial charge on any atom is 0.191 e. The van der Waals surface area contributed by atoms with Gasteiger partial charge in [0.1, 0.15) is 11.5 Å². The summed E-state index contributed by atoms with van der Waals surface area (Å²) in [6.07, 6.45) is 1.87. The maximum absolute atomic E-state index is 5.42. The van der Waals surface area contributed by atoms with Crippen LogP contribution < -0.4 is 20.1 Å². The number of nitrogens with one attached hydrogen (secondary N) is 2. The Morgan fingerprint density at radius 2 is 2.08 bits per heavy atom. The quantitative estimate of drug-likeness (QED) is 0.558. The van der Waals surface area contributed by atoms with Crippen molar-refractivity contribution in [2.75, 3.05) is 27.8 Å². The predicted molar refractivity (Wildman–Crippen MR) is 103 cm³/mol.